The Kier molecular flexibility index (Phi) is 4.27. The maximum atomic E-state index is 12.3. The third-order valence-corrected chi connectivity index (χ3v) is 5.36. The van der Waals surface area contributed by atoms with Gasteiger partial charge in [-0.3, -0.25) is 14.4 Å². The molecule has 0 radical (unpaired) electrons. The van der Waals surface area contributed by atoms with Crippen LogP contribution in [0.2, 0.25) is 0 Å². The molecule has 0 saturated carbocycles. The number of imide groups is 1. The minimum atomic E-state index is -0.348. The molecule has 2 saturated heterocycles. The number of hydrogen-bond acceptors (Lipinski definition) is 8. The largest absolute Gasteiger partial charge is 0.343 e. The van der Waals surface area contributed by atoms with E-state index in [0.29, 0.717) is 16.7 Å². The van der Waals surface area contributed by atoms with E-state index >= 15 is 0 Å². The van der Waals surface area contributed by atoms with Crippen LogP contribution in [0.4, 0.5) is 5.82 Å². The second-order valence-corrected chi connectivity index (χ2v) is 7.08. The summed E-state index contributed by atoms with van der Waals surface area (Å²) in [6.45, 7) is 0. The zero-order valence-electron chi connectivity index (χ0n) is 10.6. The van der Waals surface area contributed by atoms with Gasteiger partial charge in [-0.15, -0.1) is 23.1 Å². The number of nitrogens with one attached hydrogen (secondary N) is 1. The highest BCUT2D eigenvalue weighted by atomic mass is 32.2. The molecule has 1 aromatic rings. The Morgan fingerprint density at radius 1 is 1.48 bits per heavy atom. The highest BCUT2D eigenvalue weighted by Crippen LogP contribution is 2.26. The van der Waals surface area contributed by atoms with Crippen molar-refractivity contribution in [1.29, 1.82) is 0 Å². The molecule has 0 bridgehead atoms. The minimum absolute atomic E-state index is 0.0821. The van der Waals surface area contributed by atoms with Crippen molar-refractivity contribution in [1.82, 2.24) is 15.2 Å². The molecular formula is C11H10N4O3S3. The number of amidine groups is 1. The lowest BCUT2D eigenvalue weighted by molar-refractivity contribution is -0.137. The van der Waals surface area contributed by atoms with Gasteiger partial charge in [0.05, 0.1) is 28.8 Å². The van der Waals surface area contributed by atoms with E-state index in [1.54, 1.807) is 10.9 Å². The molecule has 3 amide bonds. The maximum Gasteiger partial charge on any atom is 0.245 e. The molecule has 3 rings (SSSR count). The van der Waals surface area contributed by atoms with Gasteiger partial charge in [0.2, 0.25) is 17.7 Å². The average molecular weight is 342 g/mol. The Bertz CT molecular complexity index is 616. The predicted molar refractivity (Wildman–Crippen MR) is 82.5 cm³/mol. The molecule has 1 atom stereocenters. The third-order valence-electron chi connectivity index (χ3n) is 2.74. The Morgan fingerprint density at radius 3 is 3.00 bits per heavy atom. The monoisotopic (exact) mass is 342 g/mol. The standard InChI is InChI=1S/C11H10N4O3S3/c16-7-3-20-8(14-7)1-9(17)15-10(18)4-21-11(15)13-6-2-19-5-12-6/h2,5,8H,1,3-4H2,(H,14,16)/b13-11-. The lowest BCUT2D eigenvalue weighted by Gasteiger charge is -2.16. The maximum absolute atomic E-state index is 12.3. The fourth-order valence-corrected chi connectivity index (χ4v) is 4.10. The molecule has 7 nitrogen and oxygen atoms in total. The molecule has 10 heteroatoms. The first-order valence-electron chi connectivity index (χ1n) is 6.00. The number of rotatable bonds is 3. The van der Waals surface area contributed by atoms with Crippen molar-refractivity contribution in [3.8, 4) is 0 Å². The first kappa shape index (κ1) is 14.5. The summed E-state index contributed by atoms with van der Waals surface area (Å²) in [5, 5.41) is 4.51. The van der Waals surface area contributed by atoms with Gasteiger partial charge >= 0.3 is 0 Å². The number of aromatic nitrogens is 1. The SMILES string of the molecule is O=C1CSC(CC(=O)N2C(=O)CS/C2=N\c2cscn2)N1. The first-order chi connectivity index (χ1) is 10.1. The van der Waals surface area contributed by atoms with Crippen LogP contribution in [0.15, 0.2) is 15.9 Å². The van der Waals surface area contributed by atoms with Crippen LogP contribution in [0.3, 0.4) is 0 Å². The van der Waals surface area contributed by atoms with E-state index in [0.717, 1.165) is 4.90 Å². The van der Waals surface area contributed by atoms with Crippen molar-refractivity contribution in [3.63, 3.8) is 0 Å². The molecule has 110 valence electrons. The fourth-order valence-electron chi connectivity index (χ4n) is 1.85. The summed E-state index contributed by atoms with van der Waals surface area (Å²) < 4.78 is 0. The van der Waals surface area contributed by atoms with Gasteiger partial charge in [0, 0.05) is 5.38 Å². The van der Waals surface area contributed by atoms with Gasteiger partial charge in [-0.1, -0.05) is 11.8 Å². The minimum Gasteiger partial charge on any atom is -0.343 e. The van der Waals surface area contributed by atoms with Crippen molar-refractivity contribution >= 4 is 63.6 Å². The summed E-state index contributed by atoms with van der Waals surface area (Å²) in [7, 11) is 0. The Balaban J connectivity index is 1.73. The molecule has 0 aromatic carbocycles. The normalized spacial score (nSPS) is 23.9. The van der Waals surface area contributed by atoms with E-state index in [4.69, 9.17) is 0 Å². The molecule has 2 fully saturated rings. The van der Waals surface area contributed by atoms with Crippen LogP contribution in [-0.4, -0.2) is 49.7 Å². The fraction of sp³-hybridized carbons (Fsp3) is 0.364. The van der Waals surface area contributed by atoms with Crippen molar-refractivity contribution in [2.75, 3.05) is 11.5 Å². The molecule has 21 heavy (non-hydrogen) atoms. The van der Waals surface area contributed by atoms with Gasteiger partial charge in [0.15, 0.2) is 11.0 Å². The van der Waals surface area contributed by atoms with Crippen molar-refractivity contribution in [3.05, 3.63) is 10.9 Å². The molecule has 1 N–H and O–H groups in total. The lowest BCUT2D eigenvalue weighted by atomic mass is 10.3. The number of nitrogens with zero attached hydrogens (tertiary/aromatic N) is 3. The van der Waals surface area contributed by atoms with Crippen LogP contribution in [0.5, 0.6) is 0 Å². The summed E-state index contributed by atoms with van der Waals surface area (Å²) >= 11 is 3.98. The Labute approximate surface area is 132 Å². The number of aliphatic imine (C=N–C) groups is 1. The molecule has 1 unspecified atom stereocenters. The van der Waals surface area contributed by atoms with Gasteiger partial charge in [-0.25, -0.2) is 14.9 Å². The van der Waals surface area contributed by atoms with Crippen LogP contribution in [0.1, 0.15) is 6.42 Å². The van der Waals surface area contributed by atoms with Crippen LogP contribution in [0.25, 0.3) is 0 Å². The Hall–Kier alpha value is -1.39. The highest BCUT2D eigenvalue weighted by molar-refractivity contribution is 8.15. The van der Waals surface area contributed by atoms with Gasteiger partial charge in [0.1, 0.15) is 0 Å². The van der Waals surface area contributed by atoms with Crippen LogP contribution in [0, 0.1) is 0 Å². The summed E-state index contributed by atoms with van der Waals surface area (Å²) in [5.41, 5.74) is 1.64. The second kappa shape index (κ2) is 6.16. The molecule has 3 heterocycles. The van der Waals surface area contributed by atoms with E-state index in [1.807, 2.05) is 0 Å². The molecule has 2 aliphatic heterocycles. The highest BCUT2D eigenvalue weighted by Gasteiger charge is 2.36. The van der Waals surface area contributed by atoms with Gasteiger partial charge in [-0.2, -0.15) is 0 Å². The van der Waals surface area contributed by atoms with Crippen molar-refractivity contribution < 1.29 is 14.4 Å². The number of amides is 3. The molecular weight excluding hydrogens is 332 g/mol. The van der Waals surface area contributed by atoms with Crippen LogP contribution in [-0.2, 0) is 14.4 Å². The van der Waals surface area contributed by atoms with Crippen LogP contribution < -0.4 is 5.32 Å². The predicted octanol–water partition coefficient (Wildman–Crippen LogP) is 0.812. The number of carbonyl (C=O) groups excluding carboxylic acids is 3. The van der Waals surface area contributed by atoms with E-state index < -0.39 is 0 Å². The summed E-state index contributed by atoms with van der Waals surface area (Å²) in [4.78, 5) is 44.6. The average Bonchev–Trinajstić information content (AvgIpc) is 3.14. The number of thioether (sulfide) groups is 2. The van der Waals surface area contributed by atoms with Crippen LogP contribution >= 0.6 is 34.9 Å². The quantitative estimate of drug-likeness (QED) is 0.874. The van der Waals surface area contributed by atoms with E-state index in [-0.39, 0.29) is 35.3 Å². The van der Waals surface area contributed by atoms with Crippen molar-refractivity contribution in [2.24, 2.45) is 4.99 Å². The number of hydrogen-bond donors (Lipinski definition) is 1. The molecule has 0 aliphatic carbocycles. The van der Waals surface area contributed by atoms with E-state index in [9.17, 15) is 14.4 Å². The molecule has 2 aliphatic rings. The second-order valence-electron chi connectivity index (χ2n) is 4.22. The molecule has 0 spiro atoms. The lowest BCUT2D eigenvalue weighted by Crippen LogP contribution is -2.39. The zero-order valence-corrected chi connectivity index (χ0v) is 13.1. The van der Waals surface area contributed by atoms with Gasteiger partial charge in [-0.05, 0) is 0 Å². The van der Waals surface area contributed by atoms with Gasteiger partial charge < -0.3 is 5.32 Å². The topological polar surface area (TPSA) is 91.7 Å². The third kappa shape index (κ3) is 3.27. The summed E-state index contributed by atoms with van der Waals surface area (Å²) in [6.07, 6.45) is 0.0821. The number of carbonyl (C=O) groups is 3. The smallest absolute Gasteiger partial charge is 0.245 e. The summed E-state index contributed by atoms with van der Waals surface area (Å²) in [6, 6.07) is 0. The summed E-state index contributed by atoms with van der Waals surface area (Å²) in [5.74, 6) is 0.307. The van der Waals surface area contributed by atoms with E-state index in [2.05, 4.69) is 15.3 Å². The zero-order chi connectivity index (χ0) is 14.8. The molecule has 1 aromatic heterocycles. The van der Waals surface area contributed by atoms with E-state index in [1.165, 1.54) is 34.9 Å². The van der Waals surface area contributed by atoms with Crippen molar-refractivity contribution in [2.45, 2.75) is 11.8 Å². The Morgan fingerprint density at radius 2 is 2.33 bits per heavy atom. The first-order valence-corrected chi connectivity index (χ1v) is 8.97. The number of thiazole rings is 1. The van der Waals surface area contributed by atoms with Gasteiger partial charge in [0.25, 0.3) is 0 Å².